The molecule has 0 unspecified atom stereocenters. The summed E-state index contributed by atoms with van der Waals surface area (Å²) < 4.78 is 0. The minimum absolute atomic E-state index is 0. The van der Waals surface area contributed by atoms with Crippen molar-refractivity contribution in [1.29, 1.82) is 0 Å². The van der Waals surface area contributed by atoms with E-state index < -0.39 is 0 Å². The first kappa shape index (κ1) is 30.9. The molecule has 0 aliphatic heterocycles. The van der Waals surface area contributed by atoms with Gasteiger partial charge < -0.3 is 10.2 Å². The summed E-state index contributed by atoms with van der Waals surface area (Å²) in [7, 11) is 0. The summed E-state index contributed by atoms with van der Waals surface area (Å²) in [4.78, 5) is 0. The van der Waals surface area contributed by atoms with Crippen molar-refractivity contribution >= 4 is 0 Å². The number of hydrogen-bond acceptors (Lipinski definition) is 2. The molecule has 0 bridgehead atoms. The van der Waals surface area contributed by atoms with Crippen LogP contribution >= 0.6 is 0 Å². The first-order chi connectivity index (χ1) is 15.7. The van der Waals surface area contributed by atoms with E-state index in [4.69, 9.17) is 10.2 Å². The molecule has 0 saturated carbocycles. The summed E-state index contributed by atoms with van der Waals surface area (Å²) in [5, 5.41) is 17.3. The van der Waals surface area contributed by atoms with Gasteiger partial charge in [-0.3, -0.25) is 12.2 Å². The Hall–Kier alpha value is -2.13. The van der Waals surface area contributed by atoms with Crippen LogP contribution in [0.25, 0.3) is 0 Å². The zero-order chi connectivity index (χ0) is 23.3. The van der Waals surface area contributed by atoms with E-state index in [1.54, 1.807) is 48.5 Å². The smallest absolute Gasteiger partial charge is 0.115 e. The van der Waals surface area contributed by atoms with Crippen LogP contribution in [0.2, 0.25) is 0 Å². The summed E-state index contributed by atoms with van der Waals surface area (Å²) in [6, 6.07) is 17.4. The van der Waals surface area contributed by atoms with Crippen LogP contribution in [0.4, 0.5) is 0 Å². The predicted molar refractivity (Wildman–Crippen MR) is 136 cm³/mol. The van der Waals surface area contributed by atoms with E-state index in [-0.39, 0.29) is 25.8 Å². The van der Waals surface area contributed by atoms with Crippen LogP contribution in [-0.4, -0.2) is 10.2 Å². The number of hydrogen-bond donors (Lipinski definition) is 2. The Morgan fingerprint density at radius 1 is 0.636 bits per heavy atom. The number of phenols is 2. The van der Waals surface area contributed by atoms with Crippen molar-refractivity contribution in [2.75, 3.05) is 0 Å². The molecule has 2 aromatic carbocycles. The van der Waals surface area contributed by atoms with Gasteiger partial charge in [0.15, 0.2) is 0 Å². The van der Waals surface area contributed by atoms with Crippen LogP contribution in [-0.2, 0) is 25.8 Å². The van der Waals surface area contributed by atoms with Crippen LogP contribution in [0.3, 0.4) is 0 Å². The molecule has 4 rings (SSSR count). The van der Waals surface area contributed by atoms with Crippen LogP contribution in [0.1, 0.15) is 65.2 Å². The first-order valence-corrected chi connectivity index (χ1v) is 11.7. The molecule has 0 amide bonds. The van der Waals surface area contributed by atoms with Crippen LogP contribution in [0, 0.1) is 12.2 Å². The first-order valence-electron chi connectivity index (χ1n) is 11.7. The Kier molecular flexibility index (Phi) is 20.3. The average Bonchev–Trinajstić information content (AvgIpc) is 3.53. The SMILES string of the molecule is CCCCC1=[C-]CC=C1.CCCCC1=[C-]CC=C1.Oc1ccccc1.Oc1ccccc1.[Hf]. The van der Waals surface area contributed by atoms with E-state index in [1.807, 2.05) is 12.1 Å². The van der Waals surface area contributed by atoms with Gasteiger partial charge >= 0.3 is 0 Å². The Balaban J connectivity index is 0.000000412. The van der Waals surface area contributed by atoms with Gasteiger partial charge in [0.2, 0.25) is 0 Å². The normalized spacial score (nSPS) is 12.5. The summed E-state index contributed by atoms with van der Waals surface area (Å²) in [5.74, 6) is 0.644. The molecular weight excluding hydrogens is 571 g/mol. The van der Waals surface area contributed by atoms with Crippen molar-refractivity contribution < 1.29 is 36.1 Å². The minimum Gasteiger partial charge on any atom is -0.508 e. The maximum atomic E-state index is 8.63. The number of benzene rings is 2. The Morgan fingerprint density at radius 2 is 1.00 bits per heavy atom. The molecule has 0 saturated heterocycles. The molecule has 2 nitrogen and oxygen atoms in total. The molecule has 176 valence electrons. The van der Waals surface area contributed by atoms with Gasteiger partial charge in [-0.05, 0) is 24.3 Å². The molecule has 0 atom stereocenters. The Labute approximate surface area is 220 Å². The molecule has 0 fully saturated rings. The molecule has 0 aromatic heterocycles. The van der Waals surface area contributed by atoms with Gasteiger partial charge in [-0.2, -0.15) is 12.2 Å². The van der Waals surface area contributed by atoms with E-state index in [0.29, 0.717) is 11.5 Å². The summed E-state index contributed by atoms with van der Waals surface area (Å²) >= 11 is 0. The summed E-state index contributed by atoms with van der Waals surface area (Å²) in [6.07, 6.45) is 25.1. The number of aromatic hydroxyl groups is 2. The van der Waals surface area contributed by atoms with Crippen molar-refractivity contribution in [3.8, 4) is 11.5 Å². The van der Waals surface area contributed by atoms with Gasteiger partial charge in [-0.1, -0.05) is 88.8 Å². The van der Waals surface area contributed by atoms with Crippen molar-refractivity contribution in [2.24, 2.45) is 0 Å². The molecule has 2 aliphatic rings. The van der Waals surface area contributed by atoms with Gasteiger partial charge in [-0.15, -0.1) is 12.8 Å². The fourth-order valence-corrected chi connectivity index (χ4v) is 2.83. The van der Waals surface area contributed by atoms with E-state index in [9.17, 15) is 0 Å². The Morgan fingerprint density at radius 3 is 1.21 bits per heavy atom. The topological polar surface area (TPSA) is 40.5 Å². The molecule has 2 aliphatic carbocycles. The molecule has 33 heavy (non-hydrogen) atoms. The van der Waals surface area contributed by atoms with E-state index in [1.165, 1.54) is 49.7 Å². The van der Waals surface area contributed by atoms with Crippen molar-refractivity contribution in [1.82, 2.24) is 0 Å². The molecular formula is C30H38HfO2-2. The van der Waals surface area contributed by atoms with E-state index in [2.05, 4.69) is 50.3 Å². The quantitative estimate of drug-likeness (QED) is 0.255. The number of allylic oxidation sites excluding steroid dienone is 8. The minimum atomic E-state index is 0. The largest absolute Gasteiger partial charge is 0.508 e. The molecule has 0 heterocycles. The molecule has 2 aromatic rings. The van der Waals surface area contributed by atoms with Crippen molar-refractivity contribution in [3.63, 3.8) is 0 Å². The van der Waals surface area contributed by atoms with E-state index >= 15 is 0 Å². The third-order valence-corrected chi connectivity index (χ3v) is 4.64. The predicted octanol–water partition coefficient (Wildman–Crippen LogP) is 8.51. The fourth-order valence-electron chi connectivity index (χ4n) is 2.83. The zero-order valence-electron chi connectivity index (χ0n) is 20.1. The summed E-state index contributed by atoms with van der Waals surface area (Å²) in [5.41, 5.74) is 2.83. The van der Waals surface area contributed by atoms with Gasteiger partial charge in [0, 0.05) is 25.8 Å². The molecule has 0 radical (unpaired) electrons. The second-order valence-corrected chi connectivity index (χ2v) is 7.50. The summed E-state index contributed by atoms with van der Waals surface area (Å²) in [6.45, 7) is 4.44. The van der Waals surface area contributed by atoms with Crippen molar-refractivity contribution in [2.45, 2.75) is 65.2 Å². The van der Waals surface area contributed by atoms with Gasteiger partial charge in [0.1, 0.15) is 11.5 Å². The second kappa shape index (κ2) is 21.7. The van der Waals surface area contributed by atoms with Gasteiger partial charge in [-0.25, -0.2) is 23.3 Å². The zero-order valence-corrected chi connectivity index (χ0v) is 23.7. The third-order valence-electron chi connectivity index (χ3n) is 4.64. The van der Waals surface area contributed by atoms with Gasteiger partial charge in [0.05, 0.1) is 0 Å². The Bertz CT molecular complexity index is 749. The number of unbranched alkanes of at least 4 members (excludes halogenated alkanes) is 2. The van der Waals surface area contributed by atoms with Gasteiger partial charge in [0.25, 0.3) is 0 Å². The standard InChI is InChI=1S/2C9H13.2C6H6O.Hf/c2*1-2-3-6-9-7-4-5-8-9;2*7-6-4-2-1-3-5-6;/h2*4,7H,2-3,5-6H2,1H3;2*1-5,7H;/q2*-1;;;. The maximum Gasteiger partial charge on any atom is 0.115 e. The third kappa shape index (κ3) is 18.0. The monoisotopic (exact) mass is 610 g/mol. The van der Waals surface area contributed by atoms with Crippen LogP contribution in [0.5, 0.6) is 11.5 Å². The maximum absolute atomic E-state index is 8.63. The molecule has 2 N–H and O–H groups in total. The number of para-hydroxylation sites is 2. The number of phenolic OH excluding ortho intramolecular Hbond substituents is 2. The average molecular weight is 609 g/mol. The van der Waals surface area contributed by atoms with Crippen molar-refractivity contribution in [3.05, 3.63) is 108 Å². The van der Waals surface area contributed by atoms with E-state index in [0.717, 1.165) is 12.8 Å². The second-order valence-electron chi connectivity index (χ2n) is 7.50. The molecule has 3 heteroatoms. The number of rotatable bonds is 6. The van der Waals surface area contributed by atoms with Crippen LogP contribution in [0.15, 0.2) is 96.1 Å². The van der Waals surface area contributed by atoms with Crippen LogP contribution < -0.4 is 0 Å². The molecule has 0 spiro atoms. The fraction of sp³-hybridized carbons (Fsp3) is 0.333.